The van der Waals surface area contributed by atoms with E-state index in [4.69, 9.17) is 0 Å². The van der Waals surface area contributed by atoms with Gasteiger partial charge in [-0.25, -0.2) is 4.79 Å². The lowest BCUT2D eigenvalue weighted by molar-refractivity contribution is -0.140. The summed E-state index contributed by atoms with van der Waals surface area (Å²) in [6, 6.07) is 0. The number of allylic oxidation sites excluding steroid dienone is 4. The third-order valence-electron chi connectivity index (χ3n) is 1.92. The van der Waals surface area contributed by atoms with E-state index in [1.807, 2.05) is 0 Å². The van der Waals surface area contributed by atoms with Crippen molar-refractivity contribution in [2.75, 3.05) is 0 Å². The van der Waals surface area contributed by atoms with Gasteiger partial charge in [-0.3, -0.25) is 9.59 Å². The lowest BCUT2D eigenvalue weighted by atomic mass is 9.94. The molecule has 0 aromatic heterocycles. The molecular weight excluding hydrogens is 210 g/mol. The second-order valence-electron chi connectivity index (χ2n) is 3.37. The van der Waals surface area contributed by atoms with E-state index in [2.05, 4.69) is 9.99 Å². The van der Waals surface area contributed by atoms with E-state index in [1.54, 1.807) is 6.92 Å². The molecule has 0 unspecified atom stereocenters. The van der Waals surface area contributed by atoms with Crippen LogP contribution in [-0.2, 0) is 19.2 Å². The first-order valence-electron chi connectivity index (χ1n) is 4.63. The van der Waals surface area contributed by atoms with E-state index in [0.29, 0.717) is 5.57 Å². The number of oxime groups is 1. The van der Waals surface area contributed by atoms with Crippen molar-refractivity contribution >= 4 is 23.2 Å². The molecule has 1 aliphatic rings. The molecule has 0 atom stereocenters. The Morgan fingerprint density at radius 3 is 2.38 bits per heavy atom. The van der Waals surface area contributed by atoms with Gasteiger partial charge >= 0.3 is 5.97 Å². The van der Waals surface area contributed by atoms with Crippen LogP contribution in [0, 0.1) is 0 Å². The van der Waals surface area contributed by atoms with Crippen LogP contribution in [0.15, 0.2) is 28.5 Å². The second kappa shape index (κ2) is 4.65. The number of ketones is 2. The summed E-state index contributed by atoms with van der Waals surface area (Å²) in [5.74, 6) is -1.23. The van der Waals surface area contributed by atoms with Crippen molar-refractivity contribution < 1.29 is 19.2 Å². The molecule has 84 valence electrons. The first-order chi connectivity index (χ1) is 7.41. The van der Waals surface area contributed by atoms with Gasteiger partial charge < -0.3 is 4.84 Å². The van der Waals surface area contributed by atoms with Gasteiger partial charge in [-0.15, -0.1) is 0 Å². The van der Waals surface area contributed by atoms with Crippen LogP contribution in [0.2, 0.25) is 0 Å². The first-order valence-corrected chi connectivity index (χ1v) is 4.63. The lowest BCUT2D eigenvalue weighted by Gasteiger charge is -2.09. The molecule has 0 aromatic rings. The Morgan fingerprint density at radius 1 is 1.25 bits per heavy atom. The van der Waals surface area contributed by atoms with Crippen LogP contribution in [0.3, 0.4) is 0 Å². The first kappa shape index (κ1) is 12.0. The monoisotopic (exact) mass is 221 g/mol. The van der Waals surface area contributed by atoms with Crippen LogP contribution < -0.4 is 0 Å². The summed E-state index contributed by atoms with van der Waals surface area (Å²) in [4.78, 5) is 37.7. The van der Waals surface area contributed by atoms with Crippen LogP contribution >= 0.6 is 0 Å². The smallest absolute Gasteiger partial charge is 0.318 e. The second-order valence-corrected chi connectivity index (χ2v) is 3.37. The highest BCUT2D eigenvalue weighted by molar-refractivity contribution is 6.32. The summed E-state index contributed by atoms with van der Waals surface area (Å²) in [6.07, 6.45) is 2.76. The average Bonchev–Trinajstić information content (AvgIpc) is 2.19. The van der Waals surface area contributed by atoms with Gasteiger partial charge in [-0.1, -0.05) is 5.16 Å². The molecule has 1 aliphatic carbocycles. The van der Waals surface area contributed by atoms with Crippen LogP contribution in [0.25, 0.3) is 0 Å². The fourth-order valence-corrected chi connectivity index (χ4v) is 1.19. The molecule has 0 heterocycles. The van der Waals surface area contributed by atoms with Crippen LogP contribution in [-0.4, -0.2) is 23.2 Å². The minimum absolute atomic E-state index is 0.0471. The van der Waals surface area contributed by atoms with E-state index < -0.39 is 5.97 Å². The van der Waals surface area contributed by atoms with Gasteiger partial charge in [0.15, 0.2) is 11.6 Å². The Bertz CT molecular complexity index is 455. The molecule has 16 heavy (non-hydrogen) atoms. The minimum Gasteiger partial charge on any atom is -0.318 e. The largest absolute Gasteiger partial charge is 0.331 e. The number of carbonyl (C=O) groups excluding carboxylic acids is 3. The Kier molecular flexibility index (Phi) is 3.50. The van der Waals surface area contributed by atoms with E-state index in [-0.39, 0.29) is 22.9 Å². The Morgan fingerprint density at radius 2 is 1.88 bits per heavy atom. The SMILES string of the molecule is CC(=O)O/N=C1\C=C(C)C(=O)C(C(C)=O)=C1. The Labute approximate surface area is 92.5 Å². The highest BCUT2D eigenvalue weighted by Crippen LogP contribution is 2.14. The zero-order valence-corrected chi connectivity index (χ0v) is 9.23. The number of Topliss-reactive ketones (excluding diaryl/α,β-unsaturated/α-hetero) is 2. The van der Waals surface area contributed by atoms with Gasteiger partial charge in [0.2, 0.25) is 0 Å². The molecule has 0 aromatic carbocycles. The van der Waals surface area contributed by atoms with Crippen molar-refractivity contribution in [2.24, 2.45) is 5.16 Å². The van der Waals surface area contributed by atoms with E-state index >= 15 is 0 Å². The van der Waals surface area contributed by atoms with Crippen molar-refractivity contribution in [3.8, 4) is 0 Å². The molecule has 0 fully saturated rings. The molecule has 0 aliphatic heterocycles. The summed E-state index contributed by atoms with van der Waals surface area (Å²) in [6.45, 7) is 4.08. The molecule has 0 radical (unpaired) electrons. The van der Waals surface area contributed by atoms with Gasteiger partial charge in [0.1, 0.15) is 5.71 Å². The van der Waals surface area contributed by atoms with E-state index in [1.165, 1.54) is 26.0 Å². The fraction of sp³-hybridized carbons (Fsp3) is 0.273. The maximum Gasteiger partial charge on any atom is 0.331 e. The van der Waals surface area contributed by atoms with Crippen LogP contribution in [0.1, 0.15) is 20.8 Å². The summed E-state index contributed by atoms with van der Waals surface area (Å²) >= 11 is 0. The van der Waals surface area contributed by atoms with Crippen molar-refractivity contribution in [1.82, 2.24) is 0 Å². The number of rotatable bonds is 2. The molecule has 5 heteroatoms. The summed E-state index contributed by atoms with van der Waals surface area (Å²) in [5, 5.41) is 3.51. The van der Waals surface area contributed by atoms with E-state index in [9.17, 15) is 14.4 Å². The predicted octanol–water partition coefficient (Wildman–Crippen LogP) is 0.950. The fourth-order valence-electron chi connectivity index (χ4n) is 1.19. The van der Waals surface area contributed by atoms with Gasteiger partial charge in [-0.05, 0) is 31.6 Å². The minimum atomic E-state index is -0.562. The third kappa shape index (κ3) is 2.73. The quantitative estimate of drug-likeness (QED) is 0.301. The number of carbonyl (C=O) groups is 3. The standard InChI is InChI=1S/C11H11NO4/c1-6-4-9(12-16-8(3)14)5-10(7(2)13)11(6)15/h4-5H,1-3H3/b12-9+. The van der Waals surface area contributed by atoms with Crippen molar-refractivity contribution in [3.63, 3.8) is 0 Å². The van der Waals surface area contributed by atoms with Gasteiger partial charge in [0, 0.05) is 6.92 Å². The molecular formula is C11H11NO4. The maximum absolute atomic E-state index is 11.5. The zero-order chi connectivity index (χ0) is 12.3. The summed E-state index contributed by atoms with van der Waals surface area (Å²) in [5.41, 5.74) is 0.710. The third-order valence-corrected chi connectivity index (χ3v) is 1.92. The normalized spacial score (nSPS) is 17.9. The lowest BCUT2D eigenvalue weighted by Crippen LogP contribution is -2.17. The number of hydrogen-bond acceptors (Lipinski definition) is 5. The van der Waals surface area contributed by atoms with Crippen LogP contribution in [0.4, 0.5) is 0 Å². The topological polar surface area (TPSA) is 72.8 Å². The molecule has 0 N–H and O–H groups in total. The van der Waals surface area contributed by atoms with Gasteiger partial charge in [0.25, 0.3) is 0 Å². The van der Waals surface area contributed by atoms with E-state index in [0.717, 1.165) is 0 Å². The molecule has 0 spiro atoms. The Hall–Kier alpha value is -2.04. The van der Waals surface area contributed by atoms with Gasteiger partial charge in [0.05, 0.1) is 5.57 Å². The molecule has 1 rings (SSSR count). The van der Waals surface area contributed by atoms with Crippen molar-refractivity contribution in [1.29, 1.82) is 0 Å². The maximum atomic E-state index is 11.5. The molecule has 0 saturated heterocycles. The highest BCUT2D eigenvalue weighted by Gasteiger charge is 2.21. The molecule has 0 amide bonds. The zero-order valence-electron chi connectivity index (χ0n) is 9.23. The van der Waals surface area contributed by atoms with Crippen molar-refractivity contribution in [2.45, 2.75) is 20.8 Å². The summed E-state index contributed by atoms with van der Waals surface area (Å²) < 4.78 is 0. The van der Waals surface area contributed by atoms with Crippen LogP contribution in [0.5, 0.6) is 0 Å². The average molecular weight is 221 g/mol. The molecule has 0 bridgehead atoms. The molecule has 5 nitrogen and oxygen atoms in total. The predicted molar refractivity (Wildman–Crippen MR) is 56.7 cm³/mol. The number of hydrogen-bond donors (Lipinski definition) is 0. The van der Waals surface area contributed by atoms with Gasteiger partial charge in [-0.2, -0.15) is 0 Å². The van der Waals surface area contributed by atoms with Crippen molar-refractivity contribution in [3.05, 3.63) is 23.3 Å². The highest BCUT2D eigenvalue weighted by atomic mass is 16.7. The molecule has 0 saturated carbocycles. The summed E-state index contributed by atoms with van der Waals surface area (Å²) in [7, 11) is 0. The Balaban J connectivity index is 3.05. The number of nitrogens with zero attached hydrogens (tertiary/aromatic N) is 1.